The van der Waals surface area contributed by atoms with Gasteiger partial charge in [0.15, 0.2) is 6.73 Å². The van der Waals surface area contributed by atoms with E-state index in [9.17, 15) is 18.0 Å². The molecule has 0 aliphatic heterocycles. The number of amides is 1. The van der Waals surface area contributed by atoms with Crippen molar-refractivity contribution in [3.63, 3.8) is 0 Å². The summed E-state index contributed by atoms with van der Waals surface area (Å²) in [4.78, 5) is 11.8. The minimum absolute atomic E-state index is 0.0615. The molecule has 0 aliphatic rings. The summed E-state index contributed by atoms with van der Waals surface area (Å²) in [5.41, 5.74) is -0.613. The van der Waals surface area contributed by atoms with Crippen molar-refractivity contribution in [3.8, 4) is 5.75 Å². The molecule has 2 rings (SSSR count). The number of nitrogens with zero attached hydrogens (tertiary/aromatic N) is 2. The number of rotatable bonds is 7. The van der Waals surface area contributed by atoms with E-state index in [0.717, 1.165) is 12.1 Å². The van der Waals surface area contributed by atoms with Gasteiger partial charge in [0.1, 0.15) is 11.4 Å². The van der Waals surface area contributed by atoms with Crippen molar-refractivity contribution in [2.75, 3.05) is 20.3 Å². The van der Waals surface area contributed by atoms with Crippen LogP contribution in [-0.2, 0) is 17.6 Å². The Balaban J connectivity index is 1.92. The molecule has 1 aromatic heterocycles. The summed E-state index contributed by atoms with van der Waals surface area (Å²) < 4.78 is 49.3. The summed E-state index contributed by atoms with van der Waals surface area (Å²) in [5, 5.41) is 6.60. The van der Waals surface area contributed by atoms with Crippen molar-refractivity contribution >= 4 is 5.91 Å². The molecule has 0 atom stereocenters. The van der Waals surface area contributed by atoms with Gasteiger partial charge in [0, 0.05) is 19.9 Å². The van der Waals surface area contributed by atoms with Crippen LogP contribution in [0.1, 0.15) is 16.1 Å². The summed E-state index contributed by atoms with van der Waals surface area (Å²) in [6.45, 7) is 0.612. The molecular formula is C15H16F3N3O3. The maximum absolute atomic E-state index is 12.6. The molecule has 130 valence electrons. The third kappa shape index (κ3) is 4.98. The van der Waals surface area contributed by atoms with Gasteiger partial charge in [-0.25, -0.2) is 4.68 Å². The molecule has 0 bridgehead atoms. The topological polar surface area (TPSA) is 65.4 Å². The number of carbonyl (C=O) groups excluding carboxylic acids is 1. The largest absolute Gasteiger partial charge is 0.471 e. The Morgan fingerprint density at radius 2 is 2.12 bits per heavy atom. The SMILES string of the molecule is COCCNC(=O)c1ccn(COc2cccc(C(F)(F)F)c2)n1. The lowest BCUT2D eigenvalue weighted by atomic mass is 10.2. The molecule has 1 amide bonds. The first-order valence-electron chi connectivity index (χ1n) is 7.01. The van der Waals surface area contributed by atoms with Gasteiger partial charge in [-0.15, -0.1) is 0 Å². The molecule has 1 aromatic carbocycles. The summed E-state index contributed by atoms with van der Waals surface area (Å²) in [6.07, 6.45) is -2.93. The second kappa shape index (κ2) is 7.82. The highest BCUT2D eigenvalue weighted by Crippen LogP contribution is 2.31. The number of carbonyl (C=O) groups is 1. The Morgan fingerprint density at radius 3 is 2.83 bits per heavy atom. The third-order valence-corrected chi connectivity index (χ3v) is 2.99. The fourth-order valence-corrected chi connectivity index (χ4v) is 1.81. The number of aromatic nitrogens is 2. The molecule has 0 spiro atoms. The lowest BCUT2D eigenvalue weighted by molar-refractivity contribution is -0.137. The molecule has 0 fully saturated rings. The summed E-state index contributed by atoms with van der Waals surface area (Å²) in [6, 6.07) is 6.02. The van der Waals surface area contributed by atoms with Crippen molar-refractivity contribution in [2.45, 2.75) is 12.9 Å². The zero-order chi connectivity index (χ0) is 17.6. The van der Waals surface area contributed by atoms with Crippen molar-refractivity contribution in [3.05, 3.63) is 47.8 Å². The van der Waals surface area contributed by atoms with Gasteiger partial charge in [-0.1, -0.05) is 6.07 Å². The van der Waals surface area contributed by atoms with Crippen molar-refractivity contribution in [1.82, 2.24) is 15.1 Å². The minimum Gasteiger partial charge on any atom is -0.471 e. The highest BCUT2D eigenvalue weighted by atomic mass is 19.4. The van der Waals surface area contributed by atoms with E-state index in [1.54, 1.807) is 0 Å². The molecule has 6 nitrogen and oxygen atoms in total. The van der Waals surface area contributed by atoms with Crippen LogP contribution in [0.15, 0.2) is 36.5 Å². The van der Waals surface area contributed by atoms with E-state index in [0.29, 0.717) is 13.2 Å². The molecule has 0 saturated carbocycles. The molecule has 0 aliphatic carbocycles. The molecule has 0 saturated heterocycles. The van der Waals surface area contributed by atoms with Gasteiger partial charge in [0.05, 0.1) is 12.2 Å². The fraction of sp³-hybridized carbons (Fsp3) is 0.333. The van der Waals surface area contributed by atoms with Gasteiger partial charge in [-0.3, -0.25) is 4.79 Å². The standard InChI is InChI=1S/C15H16F3N3O3/c1-23-8-6-19-14(22)13-5-7-21(20-13)10-24-12-4-2-3-11(9-12)15(16,17)18/h2-5,7,9H,6,8,10H2,1H3,(H,19,22). The molecule has 9 heteroatoms. The van der Waals surface area contributed by atoms with E-state index in [1.165, 1.54) is 36.2 Å². The monoisotopic (exact) mass is 343 g/mol. The second-order valence-electron chi connectivity index (χ2n) is 4.79. The maximum atomic E-state index is 12.6. The number of benzene rings is 1. The van der Waals surface area contributed by atoms with E-state index in [1.807, 2.05) is 0 Å². The van der Waals surface area contributed by atoms with Crippen molar-refractivity contribution in [2.24, 2.45) is 0 Å². The third-order valence-electron chi connectivity index (χ3n) is 2.99. The van der Waals surface area contributed by atoms with Gasteiger partial charge < -0.3 is 14.8 Å². The fourth-order valence-electron chi connectivity index (χ4n) is 1.81. The average molecular weight is 343 g/mol. The Bertz CT molecular complexity index is 686. The maximum Gasteiger partial charge on any atom is 0.416 e. The van der Waals surface area contributed by atoms with Gasteiger partial charge in [-0.05, 0) is 24.3 Å². The van der Waals surface area contributed by atoms with Crippen LogP contribution in [0.4, 0.5) is 13.2 Å². The van der Waals surface area contributed by atoms with E-state index in [-0.39, 0.29) is 24.1 Å². The highest BCUT2D eigenvalue weighted by Gasteiger charge is 2.30. The van der Waals surface area contributed by atoms with Crippen LogP contribution in [0.3, 0.4) is 0 Å². The van der Waals surface area contributed by atoms with Crippen LogP contribution >= 0.6 is 0 Å². The number of hydrogen-bond acceptors (Lipinski definition) is 4. The first-order chi connectivity index (χ1) is 11.4. The Hall–Kier alpha value is -2.55. The zero-order valence-corrected chi connectivity index (χ0v) is 12.8. The zero-order valence-electron chi connectivity index (χ0n) is 12.8. The molecule has 0 unspecified atom stereocenters. The van der Waals surface area contributed by atoms with E-state index >= 15 is 0 Å². The molecular weight excluding hydrogens is 327 g/mol. The number of halogens is 3. The second-order valence-corrected chi connectivity index (χ2v) is 4.79. The lowest BCUT2D eigenvalue weighted by Crippen LogP contribution is -2.27. The Labute approximate surface area is 136 Å². The summed E-state index contributed by atoms with van der Waals surface area (Å²) in [7, 11) is 1.52. The number of methoxy groups -OCH3 is 1. The van der Waals surface area contributed by atoms with Gasteiger partial charge >= 0.3 is 6.18 Å². The van der Waals surface area contributed by atoms with Gasteiger partial charge in [0.2, 0.25) is 0 Å². The average Bonchev–Trinajstić information content (AvgIpc) is 3.02. The van der Waals surface area contributed by atoms with Crippen LogP contribution < -0.4 is 10.1 Å². The van der Waals surface area contributed by atoms with Gasteiger partial charge in [-0.2, -0.15) is 18.3 Å². The highest BCUT2D eigenvalue weighted by molar-refractivity contribution is 5.92. The van der Waals surface area contributed by atoms with Gasteiger partial charge in [0.25, 0.3) is 5.91 Å². The minimum atomic E-state index is -4.43. The van der Waals surface area contributed by atoms with Crippen LogP contribution in [0.2, 0.25) is 0 Å². The first-order valence-corrected chi connectivity index (χ1v) is 7.01. The molecule has 1 N–H and O–H groups in total. The molecule has 2 aromatic rings. The molecule has 24 heavy (non-hydrogen) atoms. The van der Waals surface area contributed by atoms with Crippen molar-refractivity contribution < 1.29 is 27.4 Å². The Kier molecular flexibility index (Phi) is 5.80. The number of alkyl halides is 3. The van der Waals surface area contributed by atoms with Crippen LogP contribution in [0, 0.1) is 0 Å². The Morgan fingerprint density at radius 1 is 1.33 bits per heavy atom. The van der Waals surface area contributed by atoms with E-state index in [2.05, 4.69) is 10.4 Å². The number of ether oxygens (including phenoxy) is 2. The van der Waals surface area contributed by atoms with Crippen molar-refractivity contribution in [1.29, 1.82) is 0 Å². The number of hydrogen-bond donors (Lipinski definition) is 1. The van der Waals surface area contributed by atoms with E-state index in [4.69, 9.17) is 9.47 Å². The van der Waals surface area contributed by atoms with Crippen LogP contribution in [-0.4, -0.2) is 35.9 Å². The lowest BCUT2D eigenvalue weighted by Gasteiger charge is -2.10. The molecule has 0 radical (unpaired) electrons. The summed E-state index contributed by atoms with van der Waals surface area (Å²) >= 11 is 0. The molecule has 1 heterocycles. The normalized spacial score (nSPS) is 11.3. The first kappa shape index (κ1) is 17.8. The number of nitrogens with one attached hydrogen (secondary N) is 1. The predicted octanol–water partition coefficient (Wildman–Crippen LogP) is 2.31. The van der Waals surface area contributed by atoms with E-state index < -0.39 is 11.7 Å². The van der Waals surface area contributed by atoms with Crippen LogP contribution in [0.25, 0.3) is 0 Å². The predicted molar refractivity (Wildman–Crippen MR) is 78.5 cm³/mol. The smallest absolute Gasteiger partial charge is 0.416 e. The quantitative estimate of drug-likeness (QED) is 0.784. The summed E-state index contributed by atoms with van der Waals surface area (Å²) in [5.74, 6) is -0.309. The van der Waals surface area contributed by atoms with Crippen LogP contribution in [0.5, 0.6) is 5.75 Å².